The molecule has 0 saturated heterocycles. The van der Waals surface area contributed by atoms with Crippen molar-refractivity contribution in [2.24, 2.45) is 0 Å². The van der Waals surface area contributed by atoms with Gasteiger partial charge in [-0.3, -0.25) is 13.6 Å². The highest BCUT2D eigenvalue weighted by atomic mass is 31.2. The number of hydrogen-bond donors (Lipinski definition) is 0. The van der Waals surface area contributed by atoms with Crippen molar-refractivity contribution in [1.82, 2.24) is 0 Å². The van der Waals surface area contributed by atoms with Crippen LogP contribution in [0.4, 0.5) is 0 Å². The third kappa shape index (κ3) is 41.4. The summed E-state index contributed by atoms with van der Waals surface area (Å²) in [6.45, 7) is 21.3. The normalized spacial score (nSPS) is 12.1. The Balaban J connectivity index is 1.89. The number of unbranched alkanes of at least 4 members (excludes halogenated alkanes) is 54. The topological polar surface area (TPSA) is 27.7 Å². The number of rotatable bonds is 84. The molecule has 124 heavy (non-hydrogen) atoms. The van der Waals surface area contributed by atoms with Crippen LogP contribution in [-0.4, -0.2) is 0 Å². The second-order valence-corrected chi connectivity index (χ2v) is 39.8. The van der Waals surface area contributed by atoms with Gasteiger partial charge in [0.15, 0.2) is 0 Å². The van der Waals surface area contributed by atoms with Crippen LogP contribution in [0.3, 0.4) is 0 Å². The number of aryl methyl sites for hydroxylation is 6. The quantitative estimate of drug-likeness (QED) is 0.0281. The molecule has 0 unspecified atom stereocenters. The highest BCUT2D eigenvalue weighted by Gasteiger charge is 2.51. The molecule has 6 aromatic rings. The first-order valence-electron chi connectivity index (χ1n) is 54.7. The van der Waals surface area contributed by atoms with E-state index in [1.807, 2.05) is 0 Å². The highest BCUT2D eigenvalue weighted by Crippen LogP contribution is 2.64. The molecule has 0 fully saturated rings. The minimum absolute atomic E-state index is 0.845. The zero-order valence-electron chi connectivity index (χ0n) is 82.9. The molecule has 0 amide bonds. The average molecular weight is 1720 g/mol. The van der Waals surface area contributed by atoms with Crippen molar-refractivity contribution in [3.05, 3.63) is 212 Å². The van der Waals surface area contributed by atoms with E-state index in [1.54, 1.807) is 0 Å². The summed E-state index contributed by atoms with van der Waals surface area (Å²) < 4.78 is 28.7. The fourth-order valence-electron chi connectivity index (χ4n) is 20.5. The Morgan fingerprint density at radius 1 is 0.153 bits per heavy atom. The number of benzene rings is 6. The molecule has 0 N–H and O–H groups in total. The molecule has 0 spiro atoms. The van der Waals surface area contributed by atoms with E-state index in [4.69, 9.17) is 0 Å². The van der Waals surface area contributed by atoms with Gasteiger partial charge in [-0.25, -0.2) is 0 Å². The van der Waals surface area contributed by atoms with Crippen molar-refractivity contribution in [1.29, 1.82) is 0 Å². The van der Waals surface area contributed by atoms with Crippen LogP contribution >= 0.6 is 8.60 Å². The molecule has 0 aliphatic carbocycles. The summed E-state index contributed by atoms with van der Waals surface area (Å²) in [7, 11) is -2.39. The van der Waals surface area contributed by atoms with Gasteiger partial charge in [-0.15, -0.1) is 0 Å². The van der Waals surface area contributed by atoms with Crippen molar-refractivity contribution < 1.29 is 13.6 Å². The van der Waals surface area contributed by atoms with Crippen LogP contribution in [0.25, 0.3) is 0 Å². The third-order valence-electron chi connectivity index (χ3n) is 28.1. The summed E-state index contributed by atoms with van der Waals surface area (Å²) in [5.74, 6) is 0. The Bertz CT molecular complexity index is 2930. The van der Waals surface area contributed by atoms with Crippen LogP contribution < -0.4 is 0 Å². The van der Waals surface area contributed by atoms with Crippen LogP contribution in [0.2, 0.25) is 0 Å². The summed E-state index contributed by atoms with van der Waals surface area (Å²) in [5.41, 5.74) is 13.9. The molecule has 0 atom stereocenters. The van der Waals surface area contributed by atoms with Gasteiger partial charge in [0, 0.05) is 0 Å². The van der Waals surface area contributed by atoms with Crippen molar-refractivity contribution in [2.45, 2.75) is 541 Å². The molecule has 4 heteroatoms. The fourth-order valence-corrected chi connectivity index (χ4v) is 22.3. The van der Waals surface area contributed by atoms with Crippen LogP contribution in [0.1, 0.15) is 553 Å². The lowest BCUT2D eigenvalue weighted by atomic mass is 9.76. The minimum Gasteiger partial charge on any atom is -0.296 e. The lowest BCUT2D eigenvalue weighted by Gasteiger charge is -2.47. The zero-order valence-corrected chi connectivity index (χ0v) is 83.8. The second-order valence-electron chi connectivity index (χ2n) is 38.8. The molecular formula is C120H195O3P. The fraction of sp³-hybridized carbons (Fsp3) is 0.700. The van der Waals surface area contributed by atoms with E-state index in [-0.39, 0.29) is 0 Å². The molecule has 6 aromatic carbocycles. The van der Waals surface area contributed by atoms with Crippen LogP contribution in [0.5, 0.6) is 0 Å². The van der Waals surface area contributed by atoms with Gasteiger partial charge in [0.2, 0.25) is 0 Å². The molecular weight excluding hydrogens is 1520 g/mol. The van der Waals surface area contributed by atoms with E-state index in [0.717, 1.165) is 135 Å². The van der Waals surface area contributed by atoms with E-state index in [0.29, 0.717) is 0 Å². The summed E-state index contributed by atoms with van der Waals surface area (Å²) in [6, 6.07) is 59.5. The summed E-state index contributed by atoms with van der Waals surface area (Å²) in [4.78, 5) is 0. The molecule has 0 aliphatic heterocycles. The van der Waals surface area contributed by atoms with E-state index in [9.17, 15) is 13.6 Å². The SMILES string of the molecule is CCCCCCCCCc1ccccc1C(CCCCCCCCC)(OP(OC(CCCCCCCCC)(c1ccccc1CCCCCCCCC)c1ccccc1CCCCCCCCC)OC(CCCCCCCCC)(c1ccccc1CCCCCCCCC)c1ccccc1CCCCCCCCC)c1ccccc1CCCCCCCCC. The predicted molar refractivity (Wildman–Crippen MR) is 549 cm³/mol. The van der Waals surface area contributed by atoms with E-state index < -0.39 is 25.4 Å². The molecule has 0 saturated carbocycles. The highest BCUT2D eigenvalue weighted by molar-refractivity contribution is 7.41. The molecule has 0 radical (unpaired) electrons. The Hall–Kier alpha value is -4.37. The largest absolute Gasteiger partial charge is 0.336 e. The predicted octanol–water partition coefficient (Wildman–Crippen LogP) is 40.3. The van der Waals surface area contributed by atoms with Gasteiger partial charge in [0.1, 0.15) is 16.8 Å². The monoisotopic (exact) mass is 1720 g/mol. The van der Waals surface area contributed by atoms with Crippen molar-refractivity contribution in [3.8, 4) is 0 Å². The van der Waals surface area contributed by atoms with Gasteiger partial charge in [-0.2, -0.15) is 0 Å². The standard InChI is InChI=1S/C120H195O3P/c1-10-19-28-37-46-55-64-85-106-91-70-76-97-112(106)118(103-82-61-52-43-34-25-16-7,113-98-77-71-92-107(113)86-65-56-47-38-29-20-11-2)121-124(122-119(104-83-62-53-44-35-26-17-8,114-99-78-72-93-108(114)87-66-57-48-39-30-21-12-3)115-100-79-73-94-109(115)88-67-58-49-40-31-22-13-4)123-120(105-84-63-54-45-36-27-18-9,116-101-80-74-95-110(116)89-68-59-50-41-32-23-14-5)117-102-81-75-96-111(117)90-69-60-51-42-33-24-15-6/h70-81,91-102H,10-69,82-90,103-105H2,1-9H3. The van der Waals surface area contributed by atoms with Gasteiger partial charge in [0.25, 0.3) is 0 Å². The summed E-state index contributed by atoms with van der Waals surface area (Å²) in [5, 5.41) is 0. The Kier molecular flexibility index (Phi) is 62.4. The van der Waals surface area contributed by atoms with E-state index in [2.05, 4.69) is 208 Å². The summed E-state index contributed by atoms with van der Waals surface area (Å²) in [6.07, 6.45) is 88.2. The molecule has 6 rings (SSSR count). The van der Waals surface area contributed by atoms with Crippen LogP contribution in [-0.2, 0) is 68.9 Å². The third-order valence-corrected chi connectivity index (χ3v) is 29.5. The van der Waals surface area contributed by atoms with E-state index in [1.165, 1.54) is 394 Å². The van der Waals surface area contributed by atoms with Gasteiger partial charge in [-0.1, -0.05) is 555 Å². The first-order valence-corrected chi connectivity index (χ1v) is 55.8. The zero-order chi connectivity index (χ0) is 88.0. The van der Waals surface area contributed by atoms with Crippen LogP contribution in [0.15, 0.2) is 146 Å². The lowest BCUT2D eigenvalue weighted by Crippen LogP contribution is -2.39. The maximum Gasteiger partial charge on any atom is 0.336 e. The maximum atomic E-state index is 9.58. The first-order chi connectivity index (χ1) is 61.3. The van der Waals surface area contributed by atoms with Crippen molar-refractivity contribution in [3.63, 3.8) is 0 Å². The van der Waals surface area contributed by atoms with Gasteiger partial charge < -0.3 is 0 Å². The van der Waals surface area contributed by atoms with Crippen molar-refractivity contribution >= 4 is 8.60 Å². The minimum atomic E-state index is -2.39. The molecule has 698 valence electrons. The van der Waals surface area contributed by atoms with Gasteiger partial charge in [0.05, 0.1) is 0 Å². The second kappa shape index (κ2) is 71.4. The molecule has 3 nitrogen and oxygen atoms in total. The van der Waals surface area contributed by atoms with Gasteiger partial charge >= 0.3 is 8.60 Å². The van der Waals surface area contributed by atoms with Gasteiger partial charge in [-0.05, 0) is 182 Å². The maximum absolute atomic E-state index is 9.58. The lowest BCUT2D eigenvalue weighted by molar-refractivity contribution is -0.0266. The Morgan fingerprint density at radius 3 is 0.419 bits per heavy atom. The first kappa shape index (κ1) is 108. The molecule has 0 aromatic heterocycles. The Morgan fingerprint density at radius 2 is 0.274 bits per heavy atom. The smallest absolute Gasteiger partial charge is 0.296 e. The summed E-state index contributed by atoms with van der Waals surface area (Å²) >= 11 is 0. The Labute approximate surface area is 770 Å². The van der Waals surface area contributed by atoms with Crippen molar-refractivity contribution in [2.75, 3.05) is 0 Å². The van der Waals surface area contributed by atoms with E-state index >= 15 is 0 Å². The molecule has 0 heterocycles. The molecule has 0 aliphatic rings. The number of hydrogen-bond acceptors (Lipinski definition) is 3. The average Bonchev–Trinajstić information content (AvgIpc) is 0.730. The molecule has 0 bridgehead atoms. The van der Waals surface area contributed by atoms with Crippen LogP contribution in [0, 0.1) is 0 Å².